The first kappa shape index (κ1) is 9.89. The van der Waals surface area contributed by atoms with Crippen LogP contribution in [0.4, 0.5) is 13.2 Å². The molecule has 78 valence electrons. The van der Waals surface area contributed by atoms with Crippen molar-refractivity contribution in [1.82, 2.24) is 9.97 Å². The lowest BCUT2D eigenvalue weighted by molar-refractivity contribution is -0.141. The van der Waals surface area contributed by atoms with Crippen molar-refractivity contribution in [2.24, 2.45) is 0 Å². The van der Waals surface area contributed by atoms with Gasteiger partial charge in [0.2, 0.25) is 0 Å². The molecule has 0 aromatic carbocycles. The van der Waals surface area contributed by atoms with E-state index in [1.807, 2.05) is 0 Å². The van der Waals surface area contributed by atoms with Crippen molar-refractivity contribution in [2.75, 3.05) is 0 Å². The Labute approximate surface area is 83.8 Å². The van der Waals surface area contributed by atoms with E-state index in [2.05, 4.69) is 9.97 Å². The van der Waals surface area contributed by atoms with Gasteiger partial charge in [-0.3, -0.25) is 0 Å². The number of aromatic nitrogens is 2. The van der Waals surface area contributed by atoms with Crippen molar-refractivity contribution in [3.8, 4) is 0 Å². The van der Waals surface area contributed by atoms with Crippen LogP contribution in [0.5, 0.6) is 0 Å². The van der Waals surface area contributed by atoms with Gasteiger partial charge in [0.1, 0.15) is 5.69 Å². The zero-order chi connectivity index (χ0) is 11.1. The SMILES string of the molecule is Cc1cc2cccnc2nc1C(F)(F)F. The van der Waals surface area contributed by atoms with Crippen molar-refractivity contribution >= 4 is 11.0 Å². The molecule has 2 rings (SSSR count). The summed E-state index contributed by atoms with van der Waals surface area (Å²) in [4.78, 5) is 7.30. The zero-order valence-corrected chi connectivity index (χ0v) is 7.84. The molecule has 5 heteroatoms. The lowest BCUT2D eigenvalue weighted by Crippen LogP contribution is -2.10. The molecule has 2 nitrogen and oxygen atoms in total. The van der Waals surface area contributed by atoms with Crippen LogP contribution in [-0.4, -0.2) is 9.97 Å². The number of pyridine rings is 2. The number of fused-ring (bicyclic) bond motifs is 1. The van der Waals surface area contributed by atoms with Gasteiger partial charge < -0.3 is 0 Å². The summed E-state index contributed by atoms with van der Waals surface area (Å²) in [7, 11) is 0. The summed E-state index contributed by atoms with van der Waals surface area (Å²) >= 11 is 0. The highest BCUT2D eigenvalue weighted by Crippen LogP contribution is 2.31. The molecule has 0 amide bonds. The second kappa shape index (κ2) is 3.18. The van der Waals surface area contributed by atoms with Gasteiger partial charge in [0.25, 0.3) is 0 Å². The maximum Gasteiger partial charge on any atom is 0.433 e. The van der Waals surface area contributed by atoms with Crippen LogP contribution in [0.25, 0.3) is 11.0 Å². The highest BCUT2D eigenvalue weighted by atomic mass is 19.4. The van der Waals surface area contributed by atoms with Gasteiger partial charge >= 0.3 is 6.18 Å². The van der Waals surface area contributed by atoms with E-state index >= 15 is 0 Å². The van der Waals surface area contributed by atoms with Gasteiger partial charge in [-0.2, -0.15) is 13.2 Å². The second-order valence-corrected chi connectivity index (χ2v) is 3.20. The van der Waals surface area contributed by atoms with E-state index in [1.54, 1.807) is 12.1 Å². The molecule has 2 heterocycles. The normalized spacial score (nSPS) is 12.0. The van der Waals surface area contributed by atoms with Crippen molar-refractivity contribution in [3.63, 3.8) is 0 Å². The minimum absolute atomic E-state index is 0.114. The van der Waals surface area contributed by atoms with E-state index in [1.165, 1.54) is 19.2 Å². The molecular weight excluding hydrogens is 205 g/mol. The average Bonchev–Trinajstić information content (AvgIpc) is 2.15. The van der Waals surface area contributed by atoms with Crippen LogP contribution in [-0.2, 0) is 6.18 Å². The fourth-order valence-corrected chi connectivity index (χ4v) is 1.40. The van der Waals surface area contributed by atoms with Gasteiger partial charge in [-0.25, -0.2) is 9.97 Å². The first-order valence-electron chi connectivity index (χ1n) is 4.28. The number of nitrogens with zero attached hydrogens (tertiary/aromatic N) is 2. The summed E-state index contributed by atoms with van der Waals surface area (Å²) in [5, 5.41) is 0.614. The van der Waals surface area contributed by atoms with Gasteiger partial charge in [0.15, 0.2) is 5.65 Å². The Morgan fingerprint density at radius 3 is 2.67 bits per heavy atom. The van der Waals surface area contributed by atoms with Crippen LogP contribution in [0.1, 0.15) is 11.3 Å². The quantitative estimate of drug-likeness (QED) is 0.670. The summed E-state index contributed by atoms with van der Waals surface area (Å²) in [5.74, 6) is 0. The van der Waals surface area contributed by atoms with Gasteiger partial charge in [-0.05, 0) is 30.7 Å². The molecule has 2 aromatic heterocycles. The molecule has 0 aliphatic heterocycles. The first-order chi connectivity index (χ1) is 6.98. The summed E-state index contributed by atoms with van der Waals surface area (Å²) < 4.78 is 37.5. The molecule has 0 bridgehead atoms. The fraction of sp³-hybridized carbons (Fsp3) is 0.200. The van der Waals surface area contributed by atoms with E-state index in [-0.39, 0.29) is 11.2 Å². The monoisotopic (exact) mass is 212 g/mol. The summed E-state index contributed by atoms with van der Waals surface area (Å²) in [6.07, 6.45) is -3.00. The van der Waals surface area contributed by atoms with Gasteiger partial charge in [-0.15, -0.1) is 0 Å². The standard InChI is InChI=1S/C10H7F3N2/c1-6-5-7-3-2-4-14-9(7)15-8(6)10(11,12)13/h2-5H,1H3. The van der Waals surface area contributed by atoms with Crippen LogP contribution >= 0.6 is 0 Å². The maximum atomic E-state index is 12.5. The minimum Gasteiger partial charge on any atom is -0.237 e. The van der Waals surface area contributed by atoms with Crippen LogP contribution < -0.4 is 0 Å². The molecule has 0 fully saturated rings. The Morgan fingerprint density at radius 2 is 2.00 bits per heavy atom. The molecule has 0 saturated carbocycles. The molecule has 0 radical (unpaired) electrons. The molecule has 15 heavy (non-hydrogen) atoms. The first-order valence-corrected chi connectivity index (χ1v) is 4.28. The predicted octanol–water partition coefficient (Wildman–Crippen LogP) is 2.96. The topological polar surface area (TPSA) is 25.8 Å². The second-order valence-electron chi connectivity index (χ2n) is 3.20. The minimum atomic E-state index is -4.42. The third-order valence-corrected chi connectivity index (χ3v) is 2.05. The average molecular weight is 212 g/mol. The van der Waals surface area contributed by atoms with Crippen molar-refractivity contribution in [1.29, 1.82) is 0 Å². The van der Waals surface area contributed by atoms with Gasteiger partial charge in [-0.1, -0.05) is 0 Å². The molecule has 0 N–H and O–H groups in total. The fourth-order valence-electron chi connectivity index (χ4n) is 1.40. The third kappa shape index (κ3) is 1.77. The number of aryl methyl sites for hydroxylation is 1. The van der Waals surface area contributed by atoms with E-state index in [4.69, 9.17) is 0 Å². The molecule has 0 atom stereocenters. The number of halogens is 3. The number of hydrogen-bond acceptors (Lipinski definition) is 2. The van der Waals surface area contributed by atoms with Crippen LogP contribution in [0.3, 0.4) is 0 Å². The van der Waals surface area contributed by atoms with Crippen LogP contribution in [0.2, 0.25) is 0 Å². The lowest BCUT2D eigenvalue weighted by Gasteiger charge is -2.09. The van der Waals surface area contributed by atoms with Crippen LogP contribution in [0.15, 0.2) is 24.4 Å². The van der Waals surface area contributed by atoms with E-state index in [0.29, 0.717) is 5.39 Å². The molecule has 0 aliphatic carbocycles. The third-order valence-electron chi connectivity index (χ3n) is 2.05. The Bertz CT molecular complexity index is 505. The van der Waals surface area contributed by atoms with E-state index < -0.39 is 11.9 Å². The molecule has 0 unspecified atom stereocenters. The smallest absolute Gasteiger partial charge is 0.237 e. The van der Waals surface area contributed by atoms with Gasteiger partial charge in [0.05, 0.1) is 0 Å². The number of rotatable bonds is 0. The number of hydrogen-bond donors (Lipinski definition) is 0. The van der Waals surface area contributed by atoms with Crippen molar-refractivity contribution in [3.05, 3.63) is 35.7 Å². The predicted molar refractivity (Wildman–Crippen MR) is 49.3 cm³/mol. The van der Waals surface area contributed by atoms with E-state index in [0.717, 1.165) is 0 Å². The summed E-state index contributed by atoms with van der Waals surface area (Å²) in [6, 6.07) is 4.79. The Morgan fingerprint density at radius 1 is 1.27 bits per heavy atom. The molecule has 0 saturated heterocycles. The lowest BCUT2D eigenvalue weighted by atomic mass is 10.1. The Hall–Kier alpha value is -1.65. The molecule has 0 aliphatic rings. The highest BCUT2D eigenvalue weighted by molar-refractivity contribution is 5.75. The molecular formula is C10H7F3N2. The Balaban J connectivity index is 2.73. The maximum absolute atomic E-state index is 12.5. The van der Waals surface area contributed by atoms with Gasteiger partial charge in [0, 0.05) is 11.6 Å². The van der Waals surface area contributed by atoms with Crippen molar-refractivity contribution < 1.29 is 13.2 Å². The molecule has 2 aromatic rings. The zero-order valence-electron chi connectivity index (χ0n) is 7.84. The summed E-state index contributed by atoms with van der Waals surface area (Å²) in [5.41, 5.74) is -0.632. The summed E-state index contributed by atoms with van der Waals surface area (Å²) in [6.45, 7) is 1.39. The largest absolute Gasteiger partial charge is 0.433 e. The van der Waals surface area contributed by atoms with Crippen molar-refractivity contribution in [2.45, 2.75) is 13.1 Å². The highest BCUT2D eigenvalue weighted by Gasteiger charge is 2.34. The number of alkyl halides is 3. The van der Waals surface area contributed by atoms with Crippen LogP contribution in [0, 0.1) is 6.92 Å². The Kier molecular flexibility index (Phi) is 2.10. The molecule has 0 spiro atoms. The van der Waals surface area contributed by atoms with E-state index in [9.17, 15) is 13.2 Å².